The molecule has 0 bridgehead atoms. The van der Waals surface area contributed by atoms with Gasteiger partial charge in [-0.15, -0.1) is 0 Å². The summed E-state index contributed by atoms with van der Waals surface area (Å²) in [5, 5.41) is 3.26. The Kier molecular flexibility index (Phi) is 5.28. The molecular formula is C16H22F2N2O. The van der Waals surface area contributed by atoms with Crippen molar-refractivity contribution in [3.8, 4) is 0 Å². The van der Waals surface area contributed by atoms with Gasteiger partial charge in [0, 0.05) is 19.1 Å². The number of amides is 1. The number of nitrogens with one attached hydrogen (secondary N) is 1. The number of carbonyl (C=O) groups is 1. The van der Waals surface area contributed by atoms with Crippen LogP contribution in [0.1, 0.15) is 31.2 Å². The van der Waals surface area contributed by atoms with Gasteiger partial charge in [-0.25, -0.2) is 8.78 Å². The van der Waals surface area contributed by atoms with Crippen LogP contribution < -0.4 is 5.32 Å². The molecule has 1 fully saturated rings. The predicted molar refractivity (Wildman–Crippen MR) is 77.9 cm³/mol. The summed E-state index contributed by atoms with van der Waals surface area (Å²) in [5.41, 5.74) is 0.509. The van der Waals surface area contributed by atoms with Crippen LogP contribution in [-0.4, -0.2) is 37.0 Å². The fourth-order valence-electron chi connectivity index (χ4n) is 2.90. The van der Waals surface area contributed by atoms with E-state index in [1.165, 1.54) is 6.07 Å². The molecular weight excluding hydrogens is 274 g/mol. The summed E-state index contributed by atoms with van der Waals surface area (Å²) < 4.78 is 26.0. The van der Waals surface area contributed by atoms with Crippen LogP contribution in [0.25, 0.3) is 0 Å². The molecule has 116 valence electrons. The number of hydrogen-bond acceptors (Lipinski definition) is 2. The molecule has 1 saturated carbocycles. The minimum Gasteiger partial charge on any atom is -0.342 e. The summed E-state index contributed by atoms with van der Waals surface area (Å²) in [5.74, 6) is -1.84. The van der Waals surface area contributed by atoms with E-state index in [-0.39, 0.29) is 18.4 Å². The van der Waals surface area contributed by atoms with Crippen LogP contribution in [0.4, 0.5) is 8.78 Å². The Morgan fingerprint density at radius 3 is 2.48 bits per heavy atom. The van der Waals surface area contributed by atoms with Crippen LogP contribution >= 0.6 is 0 Å². The van der Waals surface area contributed by atoms with E-state index in [9.17, 15) is 13.6 Å². The average molecular weight is 296 g/mol. The third-order valence-corrected chi connectivity index (χ3v) is 4.39. The highest BCUT2D eigenvalue weighted by molar-refractivity contribution is 5.78. The van der Waals surface area contributed by atoms with Crippen molar-refractivity contribution in [2.24, 2.45) is 0 Å². The van der Waals surface area contributed by atoms with E-state index in [0.717, 1.165) is 37.8 Å². The summed E-state index contributed by atoms with van der Waals surface area (Å²) in [6.07, 6.45) is 4.19. The molecule has 0 heterocycles. The van der Waals surface area contributed by atoms with Gasteiger partial charge in [0.2, 0.25) is 5.91 Å². The Balaban J connectivity index is 1.92. The van der Waals surface area contributed by atoms with Crippen LogP contribution in [0.15, 0.2) is 18.2 Å². The van der Waals surface area contributed by atoms with E-state index in [1.54, 1.807) is 11.9 Å². The van der Waals surface area contributed by atoms with Crippen molar-refractivity contribution in [3.05, 3.63) is 35.4 Å². The second kappa shape index (κ2) is 6.98. The number of hydrogen-bond donors (Lipinski definition) is 1. The quantitative estimate of drug-likeness (QED) is 0.926. The van der Waals surface area contributed by atoms with Crippen molar-refractivity contribution in [2.45, 2.75) is 44.2 Å². The molecule has 1 amide bonds. The normalized spacial score (nSPS) is 22.1. The van der Waals surface area contributed by atoms with E-state index in [1.807, 2.05) is 7.05 Å². The van der Waals surface area contributed by atoms with Gasteiger partial charge in [-0.05, 0) is 50.4 Å². The van der Waals surface area contributed by atoms with Crippen molar-refractivity contribution in [3.63, 3.8) is 0 Å². The third kappa shape index (κ3) is 4.00. The Morgan fingerprint density at radius 2 is 1.90 bits per heavy atom. The lowest BCUT2D eigenvalue weighted by Crippen LogP contribution is -2.43. The van der Waals surface area contributed by atoms with Gasteiger partial charge >= 0.3 is 0 Å². The molecule has 1 aromatic rings. The van der Waals surface area contributed by atoms with Gasteiger partial charge in [0.05, 0.1) is 6.42 Å². The van der Waals surface area contributed by atoms with Crippen molar-refractivity contribution < 1.29 is 13.6 Å². The summed E-state index contributed by atoms with van der Waals surface area (Å²) >= 11 is 0. The number of likely N-dealkylation sites (N-methyl/N-ethyl adjacent to an activating group) is 1. The van der Waals surface area contributed by atoms with Gasteiger partial charge < -0.3 is 10.2 Å². The number of rotatable bonds is 4. The Bertz CT molecular complexity index is 499. The summed E-state index contributed by atoms with van der Waals surface area (Å²) in [7, 11) is 3.76. The van der Waals surface area contributed by atoms with E-state index in [4.69, 9.17) is 0 Å². The number of halogens is 2. The van der Waals surface area contributed by atoms with Gasteiger partial charge in [0.15, 0.2) is 11.6 Å². The summed E-state index contributed by atoms with van der Waals surface area (Å²) in [6, 6.07) is 4.40. The average Bonchev–Trinajstić information content (AvgIpc) is 2.50. The second-order valence-electron chi connectivity index (χ2n) is 5.72. The molecule has 0 radical (unpaired) electrons. The molecule has 5 heteroatoms. The SMILES string of the molecule is CNC1CCC(N(C)C(=O)Cc2ccc(F)c(F)c2)CC1. The molecule has 0 spiro atoms. The van der Waals surface area contributed by atoms with Crippen LogP contribution in [-0.2, 0) is 11.2 Å². The van der Waals surface area contributed by atoms with Gasteiger partial charge in [-0.3, -0.25) is 4.79 Å². The molecule has 1 aliphatic carbocycles. The maximum atomic E-state index is 13.2. The number of benzene rings is 1. The Hall–Kier alpha value is -1.49. The van der Waals surface area contributed by atoms with Gasteiger partial charge in [-0.1, -0.05) is 6.07 Å². The van der Waals surface area contributed by atoms with E-state index < -0.39 is 11.6 Å². The second-order valence-corrected chi connectivity index (χ2v) is 5.72. The zero-order chi connectivity index (χ0) is 15.4. The Morgan fingerprint density at radius 1 is 1.24 bits per heavy atom. The van der Waals surface area contributed by atoms with Gasteiger partial charge in [-0.2, -0.15) is 0 Å². The first-order chi connectivity index (χ1) is 10.0. The monoisotopic (exact) mass is 296 g/mol. The molecule has 21 heavy (non-hydrogen) atoms. The molecule has 0 saturated heterocycles. The lowest BCUT2D eigenvalue weighted by molar-refractivity contribution is -0.131. The highest BCUT2D eigenvalue weighted by atomic mass is 19.2. The first-order valence-corrected chi connectivity index (χ1v) is 7.38. The molecule has 2 rings (SSSR count). The molecule has 0 atom stereocenters. The zero-order valence-corrected chi connectivity index (χ0v) is 12.5. The molecule has 0 aromatic heterocycles. The number of nitrogens with zero attached hydrogens (tertiary/aromatic N) is 1. The largest absolute Gasteiger partial charge is 0.342 e. The molecule has 0 unspecified atom stereocenters. The lowest BCUT2D eigenvalue weighted by atomic mass is 9.90. The number of carbonyl (C=O) groups excluding carboxylic acids is 1. The minimum atomic E-state index is -0.905. The van der Waals surface area contributed by atoms with E-state index in [2.05, 4.69) is 5.32 Å². The zero-order valence-electron chi connectivity index (χ0n) is 12.5. The molecule has 3 nitrogen and oxygen atoms in total. The van der Waals surface area contributed by atoms with Crippen molar-refractivity contribution >= 4 is 5.91 Å². The highest BCUT2D eigenvalue weighted by Crippen LogP contribution is 2.23. The predicted octanol–water partition coefficient (Wildman–Crippen LogP) is 2.50. The van der Waals surface area contributed by atoms with Gasteiger partial charge in [0.1, 0.15) is 0 Å². The minimum absolute atomic E-state index is 0.0473. The topological polar surface area (TPSA) is 32.3 Å². The van der Waals surface area contributed by atoms with E-state index >= 15 is 0 Å². The molecule has 0 aliphatic heterocycles. The smallest absolute Gasteiger partial charge is 0.226 e. The first kappa shape index (κ1) is 15.9. The lowest BCUT2D eigenvalue weighted by Gasteiger charge is -2.34. The first-order valence-electron chi connectivity index (χ1n) is 7.38. The summed E-state index contributed by atoms with van der Waals surface area (Å²) in [4.78, 5) is 14.0. The summed E-state index contributed by atoms with van der Waals surface area (Å²) in [6.45, 7) is 0. The van der Waals surface area contributed by atoms with Crippen LogP contribution in [0.3, 0.4) is 0 Å². The standard InChI is InChI=1S/C16H22F2N2O/c1-19-12-4-6-13(7-5-12)20(2)16(21)10-11-3-8-14(17)15(18)9-11/h3,8-9,12-13,19H,4-7,10H2,1-2H3. The highest BCUT2D eigenvalue weighted by Gasteiger charge is 2.25. The maximum absolute atomic E-state index is 13.2. The third-order valence-electron chi connectivity index (χ3n) is 4.39. The fraction of sp³-hybridized carbons (Fsp3) is 0.562. The van der Waals surface area contributed by atoms with Gasteiger partial charge in [0.25, 0.3) is 0 Å². The van der Waals surface area contributed by atoms with Crippen LogP contribution in [0.5, 0.6) is 0 Å². The Labute approximate surface area is 124 Å². The molecule has 1 N–H and O–H groups in total. The van der Waals surface area contributed by atoms with Crippen molar-refractivity contribution in [1.29, 1.82) is 0 Å². The maximum Gasteiger partial charge on any atom is 0.226 e. The van der Waals surface area contributed by atoms with Crippen molar-refractivity contribution in [2.75, 3.05) is 14.1 Å². The van der Waals surface area contributed by atoms with Crippen molar-refractivity contribution in [1.82, 2.24) is 10.2 Å². The fourth-order valence-corrected chi connectivity index (χ4v) is 2.90. The van der Waals surface area contributed by atoms with Crippen LogP contribution in [0, 0.1) is 11.6 Å². The molecule has 1 aliphatic rings. The molecule has 1 aromatic carbocycles. The van der Waals surface area contributed by atoms with Crippen LogP contribution in [0.2, 0.25) is 0 Å². The van der Waals surface area contributed by atoms with E-state index in [0.29, 0.717) is 11.6 Å².